The van der Waals surface area contributed by atoms with Gasteiger partial charge in [0.15, 0.2) is 0 Å². The number of rotatable bonds is 4. The molecule has 1 aromatic carbocycles. The summed E-state index contributed by atoms with van der Waals surface area (Å²) in [6, 6.07) is 3.70. The van der Waals surface area contributed by atoms with Crippen molar-refractivity contribution in [1.29, 1.82) is 0 Å². The Balaban J connectivity index is 2.94. The van der Waals surface area contributed by atoms with Crippen molar-refractivity contribution in [3.8, 4) is 0 Å². The molecule has 0 radical (unpaired) electrons. The Bertz CT molecular complexity index is 541. The van der Waals surface area contributed by atoms with Gasteiger partial charge in [-0.3, -0.25) is 14.9 Å². The van der Waals surface area contributed by atoms with Crippen molar-refractivity contribution in [3.63, 3.8) is 0 Å². The van der Waals surface area contributed by atoms with E-state index in [0.717, 1.165) is 12.1 Å². The highest BCUT2D eigenvalue weighted by Crippen LogP contribution is 2.27. The molecule has 94 valence electrons. The molecule has 0 atom stereocenters. The number of carboxylic acids is 1. The van der Waals surface area contributed by atoms with Crippen LogP contribution in [0.25, 0.3) is 0 Å². The molecule has 0 fully saturated rings. The van der Waals surface area contributed by atoms with E-state index in [2.05, 4.69) is 5.32 Å². The van der Waals surface area contributed by atoms with Gasteiger partial charge in [-0.05, 0) is 12.1 Å². The van der Waals surface area contributed by atoms with E-state index in [0.29, 0.717) is 6.08 Å². The molecule has 0 heterocycles. The smallest absolute Gasteiger partial charge is 0.328 e. The average molecular weight is 271 g/mol. The van der Waals surface area contributed by atoms with Gasteiger partial charge in [0.2, 0.25) is 5.91 Å². The lowest BCUT2D eigenvalue weighted by Gasteiger charge is -2.03. The van der Waals surface area contributed by atoms with E-state index in [4.69, 9.17) is 16.7 Å². The first-order valence-electron chi connectivity index (χ1n) is 4.56. The quantitative estimate of drug-likeness (QED) is 0.493. The number of hydrogen-bond donors (Lipinski definition) is 2. The minimum absolute atomic E-state index is 0.0653. The molecule has 0 aliphatic rings. The van der Waals surface area contributed by atoms with Gasteiger partial charge in [0.25, 0.3) is 5.69 Å². The molecule has 2 N–H and O–H groups in total. The predicted octanol–water partition coefficient (Wildman–Crippen LogP) is 1.83. The zero-order valence-corrected chi connectivity index (χ0v) is 9.55. The molecule has 0 unspecified atom stereocenters. The van der Waals surface area contributed by atoms with Gasteiger partial charge in [-0.1, -0.05) is 11.6 Å². The van der Waals surface area contributed by atoms with Crippen LogP contribution in [0, 0.1) is 10.1 Å². The van der Waals surface area contributed by atoms with Crippen molar-refractivity contribution < 1.29 is 19.6 Å². The summed E-state index contributed by atoms with van der Waals surface area (Å²) < 4.78 is 0. The fraction of sp³-hybridized carbons (Fsp3) is 0. The van der Waals surface area contributed by atoms with Crippen molar-refractivity contribution in [3.05, 3.63) is 45.5 Å². The van der Waals surface area contributed by atoms with Crippen LogP contribution in [0.1, 0.15) is 0 Å². The van der Waals surface area contributed by atoms with Gasteiger partial charge >= 0.3 is 5.97 Å². The molecule has 0 aliphatic carbocycles. The number of amides is 1. The van der Waals surface area contributed by atoms with Gasteiger partial charge in [0, 0.05) is 23.2 Å². The summed E-state index contributed by atoms with van der Waals surface area (Å²) >= 11 is 5.59. The normalized spacial score (nSPS) is 10.3. The molecule has 0 spiro atoms. The lowest BCUT2D eigenvalue weighted by molar-refractivity contribution is -0.383. The number of aliphatic carboxylic acids is 1. The Morgan fingerprint density at radius 1 is 1.39 bits per heavy atom. The number of nitro groups is 1. The number of nitro benzene ring substituents is 1. The summed E-state index contributed by atoms with van der Waals surface area (Å²) in [4.78, 5) is 31.4. The SMILES string of the molecule is O=C(O)/C=C/C(=O)Nc1ccc(Cl)cc1[N+](=O)[O-]. The minimum atomic E-state index is -1.30. The molecule has 0 saturated carbocycles. The number of nitrogens with zero attached hydrogens (tertiary/aromatic N) is 1. The minimum Gasteiger partial charge on any atom is -0.478 e. The van der Waals surface area contributed by atoms with Gasteiger partial charge in [-0.25, -0.2) is 4.79 Å². The Morgan fingerprint density at radius 3 is 2.61 bits per heavy atom. The molecular formula is C10H7ClN2O5. The number of carbonyl (C=O) groups is 2. The summed E-state index contributed by atoms with van der Waals surface area (Å²) in [6.45, 7) is 0. The monoisotopic (exact) mass is 270 g/mol. The van der Waals surface area contributed by atoms with E-state index in [1.165, 1.54) is 12.1 Å². The lowest BCUT2D eigenvalue weighted by Crippen LogP contribution is -2.10. The third kappa shape index (κ3) is 3.87. The molecule has 0 saturated heterocycles. The van der Waals surface area contributed by atoms with Crippen LogP contribution in [-0.4, -0.2) is 21.9 Å². The van der Waals surface area contributed by atoms with Crippen molar-refractivity contribution in [1.82, 2.24) is 0 Å². The second-order valence-corrected chi connectivity index (χ2v) is 3.52. The second-order valence-electron chi connectivity index (χ2n) is 3.08. The fourth-order valence-corrected chi connectivity index (χ4v) is 1.25. The highest BCUT2D eigenvalue weighted by atomic mass is 35.5. The number of benzene rings is 1. The highest BCUT2D eigenvalue weighted by molar-refractivity contribution is 6.31. The van der Waals surface area contributed by atoms with Crippen LogP contribution in [0.15, 0.2) is 30.4 Å². The van der Waals surface area contributed by atoms with E-state index in [9.17, 15) is 19.7 Å². The van der Waals surface area contributed by atoms with E-state index in [1.807, 2.05) is 0 Å². The van der Waals surface area contributed by atoms with E-state index >= 15 is 0 Å². The Hall–Kier alpha value is -2.41. The zero-order valence-electron chi connectivity index (χ0n) is 8.79. The predicted molar refractivity (Wildman–Crippen MR) is 63.5 cm³/mol. The summed E-state index contributed by atoms with van der Waals surface area (Å²) in [5.74, 6) is -2.08. The van der Waals surface area contributed by atoms with Crippen LogP contribution in [0.2, 0.25) is 5.02 Å². The summed E-state index contributed by atoms with van der Waals surface area (Å²) in [7, 11) is 0. The molecule has 1 rings (SSSR count). The lowest BCUT2D eigenvalue weighted by atomic mass is 10.2. The molecule has 18 heavy (non-hydrogen) atoms. The largest absolute Gasteiger partial charge is 0.478 e. The molecule has 8 heteroatoms. The zero-order chi connectivity index (χ0) is 13.7. The van der Waals surface area contributed by atoms with Crippen molar-refractivity contribution in [2.24, 2.45) is 0 Å². The summed E-state index contributed by atoms with van der Waals surface area (Å²) in [5, 5.41) is 21.4. The third-order valence-electron chi connectivity index (χ3n) is 1.79. The number of halogens is 1. The maximum Gasteiger partial charge on any atom is 0.328 e. The first-order valence-corrected chi connectivity index (χ1v) is 4.94. The van der Waals surface area contributed by atoms with Crippen LogP contribution in [0.4, 0.5) is 11.4 Å². The van der Waals surface area contributed by atoms with Gasteiger partial charge in [0.1, 0.15) is 5.69 Å². The Kier molecular flexibility index (Phi) is 4.39. The maximum atomic E-state index is 11.3. The Morgan fingerprint density at radius 2 is 2.06 bits per heavy atom. The van der Waals surface area contributed by atoms with Crippen LogP contribution >= 0.6 is 11.6 Å². The number of carbonyl (C=O) groups excluding carboxylic acids is 1. The van der Waals surface area contributed by atoms with Gasteiger partial charge in [-0.15, -0.1) is 0 Å². The first-order chi connectivity index (χ1) is 8.40. The molecule has 1 amide bonds. The highest BCUT2D eigenvalue weighted by Gasteiger charge is 2.15. The maximum absolute atomic E-state index is 11.3. The molecular weight excluding hydrogens is 264 g/mol. The van der Waals surface area contributed by atoms with E-state index in [1.54, 1.807) is 0 Å². The fourth-order valence-electron chi connectivity index (χ4n) is 1.08. The molecule has 1 aromatic rings. The average Bonchev–Trinajstić information content (AvgIpc) is 2.28. The van der Waals surface area contributed by atoms with Gasteiger partial charge in [-0.2, -0.15) is 0 Å². The van der Waals surface area contributed by atoms with Crippen molar-refractivity contribution >= 4 is 34.9 Å². The summed E-state index contributed by atoms with van der Waals surface area (Å²) in [6.07, 6.45) is 1.37. The topological polar surface area (TPSA) is 110 Å². The van der Waals surface area contributed by atoms with Crippen LogP contribution in [-0.2, 0) is 9.59 Å². The molecule has 0 aromatic heterocycles. The number of nitrogens with one attached hydrogen (secondary N) is 1. The second kappa shape index (κ2) is 5.78. The van der Waals surface area contributed by atoms with Crippen LogP contribution in [0.5, 0.6) is 0 Å². The van der Waals surface area contributed by atoms with E-state index < -0.39 is 16.8 Å². The van der Waals surface area contributed by atoms with E-state index in [-0.39, 0.29) is 16.4 Å². The number of anilines is 1. The third-order valence-corrected chi connectivity index (χ3v) is 2.03. The van der Waals surface area contributed by atoms with Gasteiger partial charge < -0.3 is 10.4 Å². The standard InChI is InChI=1S/C10H7ClN2O5/c11-6-1-2-7(8(5-6)13(17)18)12-9(14)3-4-10(15)16/h1-5H,(H,12,14)(H,15,16)/b4-3+. The first kappa shape index (κ1) is 13.7. The van der Waals surface area contributed by atoms with Crippen LogP contribution in [0.3, 0.4) is 0 Å². The molecule has 0 bridgehead atoms. The number of carboxylic acid groups (broad SMARTS) is 1. The molecule has 0 aliphatic heterocycles. The number of hydrogen-bond acceptors (Lipinski definition) is 4. The van der Waals surface area contributed by atoms with Gasteiger partial charge in [0.05, 0.1) is 4.92 Å². The van der Waals surface area contributed by atoms with Crippen molar-refractivity contribution in [2.45, 2.75) is 0 Å². The van der Waals surface area contributed by atoms with Crippen molar-refractivity contribution in [2.75, 3.05) is 5.32 Å². The summed E-state index contributed by atoms with van der Waals surface area (Å²) in [5.41, 5.74) is -0.441. The molecule has 7 nitrogen and oxygen atoms in total. The Labute approximate surface area is 106 Å². The van der Waals surface area contributed by atoms with Crippen LogP contribution < -0.4 is 5.32 Å².